The molecule has 0 spiro atoms. The molecule has 0 aromatic heterocycles. The summed E-state index contributed by atoms with van der Waals surface area (Å²) in [4.78, 5) is 9.83. The first-order valence-electron chi connectivity index (χ1n) is 2.19. The maximum Gasteiger partial charge on any atom is 0.153 e. The van der Waals surface area contributed by atoms with Crippen molar-refractivity contribution in [3.05, 3.63) is 17.9 Å². The number of allylic oxidation sites excluding steroid dienone is 1. The van der Waals surface area contributed by atoms with E-state index in [2.05, 4.69) is 12.3 Å². The van der Waals surface area contributed by atoms with Gasteiger partial charge in [0.25, 0.3) is 0 Å². The van der Waals surface area contributed by atoms with E-state index in [9.17, 15) is 4.79 Å². The van der Waals surface area contributed by atoms with Crippen LogP contribution in [0.2, 0.25) is 0 Å². The van der Waals surface area contributed by atoms with Gasteiger partial charge in [0.1, 0.15) is 0 Å². The number of hydrogen-bond acceptors (Lipinski definition) is 1. The van der Waals surface area contributed by atoms with Crippen LogP contribution in [0.4, 0.5) is 0 Å². The molecule has 0 aromatic carbocycles. The molecule has 0 aliphatic carbocycles. The summed E-state index contributed by atoms with van der Waals surface area (Å²) < 4.78 is 0. The van der Waals surface area contributed by atoms with E-state index in [-0.39, 0.29) is 0 Å². The third kappa shape index (κ3) is 1.96. The van der Waals surface area contributed by atoms with E-state index in [1.807, 2.05) is 6.92 Å². The van der Waals surface area contributed by atoms with Crippen LogP contribution in [0.3, 0.4) is 0 Å². The lowest BCUT2D eigenvalue weighted by Crippen LogP contribution is -1.75. The van der Waals surface area contributed by atoms with Gasteiger partial charge in [0.15, 0.2) is 6.29 Å². The predicted molar refractivity (Wildman–Crippen MR) is 29.0 cm³/mol. The van der Waals surface area contributed by atoms with E-state index in [1.165, 1.54) is 0 Å². The molecule has 0 heterocycles. The largest absolute Gasteiger partial charge is 0.298 e. The molecule has 0 unspecified atom stereocenters. The fraction of sp³-hybridized carbons (Fsp3) is 0.333. The second kappa shape index (κ2) is 3.38. The Kier molecular flexibility index (Phi) is 2.99. The highest BCUT2D eigenvalue weighted by molar-refractivity contribution is 5.72. The zero-order chi connectivity index (χ0) is 5.70. The molecule has 0 bridgehead atoms. The van der Waals surface area contributed by atoms with Crippen molar-refractivity contribution in [2.45, 2.75) is 13.3 Å². The Labute approximate surface area is 43.3 Å². The lowest BCUT2D eigenvalue weighted by Gasteiger charge is -1.79. The summed E-state index contributed by atoms with van der Waals surface area (Å²) in [5.41, 5.74) is 3.14. The summed E-state index contributed by atoms with van der Waals surface area (Å²) in [6.07, 6.45) is 1.50. The van der Waals surface area contributed by atoms with Gasteiger partial charge in [0.2, 0.25) is 0 Å². The first kappa shape index (κ1) is 6.19. The minimum Gasteiger partial charge on any atom is -0.298 e. The van der Waals surface area contributed by atoms with Crippen LogP contribution < -0.4 is 0 Å². The monoisotopic (exact) mass is 96.1 g/mol. The summed E-state index contributed by atoms with van der Waals surface area (Å²) in [6.45, 7) is 5.20. The molecule has 0 rings (SSSR count). The van der Waals surface area contributed by atoms with Crippen LogP contribution in [0, 0.1) is 0 Å². The van der Waals surface area contributed by atoms with E-state index in [0.717, 1.165) is 12.7 Å². The average Bonchev–Trinajstić information content (AvgIpc) is 1.72. The first-order valence-corrected chi connectivity index (χ1v) is 2.19. The highest BCUT2D eigenvalue weighted by Crippen LogP contribution is 1.89. The zero-order valence-corrected chi connectivity index (χ0v) is 4.40. The van der Waals surface area contributed by atoms with Gasteiger partial charge in [0.05, 0.1) is 0 Å². The van der Waals surface area contributed by atoms with Gasteiger partial charge in [-0.1, -0.05) is 13.5 Å². The van der Waals surface area contributed by atoms with Crippen molar-refractivity contribution in [3.8, 4) is 0 Å². The third-order valence-corrected chi connectivity index (χ3v) is 0.750. The SMILES string of the molecule is C=C=C(C=O)CC. The quantitative estimate of drug-likeness (QED) is 0.288. The number of rotatable bonds is 2. The molecule has 0 saturated heterocycles. The van der Waals surface area contributed by atoms with Crippen molar-refractivity contribution < 1.29 is 4.79 Å². The van der Waals surface area contributed by atoms with Crippen molar-refractivity contribution in [2.24, 2.45) is 0 Å². The number of aldehydes is 1. The van der Waals surface area contributed by atoms with Crippen LogP contribution in [0.25, 0.3) is 0 Å². The molecule has 0 aliphatic rings. The predicted octanol–water partition coefficient (Wildman–Crippen LogP) is 1.31. The van der Waals surface area contributed by atoms with Crippen LogP contribution in [0.15, 0.2) is 17.9 Å². The van der Waals surface area contributed by atoms with Crippen molar-refractivity contribution in [2.75, 3.05) is 0 Å². The third-order valence-electron chi connectivity index (χ3n) is 0.750. The fourth-order valence-electron chi connectivity index (χ4n) is 0.250. The Bertz CT molecular complexity index is 107. The van der Waals surface area contributed by atoms with Crippen LogP contribution in [-0.4, -0.2) is 6.29 Å². The summed E-state index contributed by atoms with van der Waals surface area (Å²) >= 11 is 0. The lowest BCUT2D eigenvalue weighted by molar-refractivity contribution is -0.105. The Morgan fingerprint density at radius 3 is 2.57 bits per heavy atom. The molecule has 0 radical (unpaired) electrons. The van der Waals surface area contributed by atoms with Crippen LogP contribution in [-0.2, 0) is 4.79 Å². The molecule has 0 amide bonds. The van der Waals surface area contributed by atoms with Crippen LogP contribution in [0.5, 0.6) is 0 Å². The average molecular weight is 96.1 g/mol. The molecule has 0 aliphatic heterocycles. The van der Waals surface area contributed by atoms with Crippen molar-refractivity contribution in [1.29, 1.82) is 0 Å². The molecule has 0 atom stereocenters. The van der Waals surface area contributed by atoms with Crippen molar-refractivity contribution in [3.63, 3.8) is 0 Å². The van der Waals surface area contributed by atoms with Crippen molar-refractivity contribution >= 4 is 6.29 Å². The van der Waals surface area contributed by atoms with Crippen molar-refractivity contribution in [1.82, 2.24) is 0 Å². The highest BCUT2D eigenvalue weighted by Gasteiger charge is 1.81. The molecule has 7 heavy (non-hydrogen) atoms. The molecule has 1 nitrogen and oxygen atoms in total. The summed E-state index contributed by atoms with van der Waals surface area (Å²) in [5.74, 6) is 0. The van der Waals surface area contributed by atoms with Gasteiger partial charge in [-0.05, 0) is 6.42 Å². The lowest BCUT2D eigenvalue weighted by atomic mass is 10.2. The number of carbonyl (C=O) groups is 1. The van der Waals surface area contributed by atoms with Gasteiger partial charge < -0.3 is 0 Å². The summed E-state index contributed by atoms with van der Waals surface area (Å²) in [7, 11) is 0. The van der Waals surface area contributed by atoms with Gasteiger partial charge in [-0.2, -0.15) is 0 Å². The van der Waals surface area contributed by atoms with Gasteiger partial charge in [0, 0.05) is 5.57 Å². The number of hydrogen-bond donors (Lipinski definition) is 0. The molecule has 38 valence electrons. The van der Waals surface area contributed by atoms with E-state index in [4.69, 9.17) is 0 Å². The molecule has 0 aromatic rings. The van der Waals surface area contributed by atoms with Gasteiger partial charge in [-0.15, -0.1) is 5.73 Å². The fourth-order valence-corrected chi connectivity index (χ4v) is 0.250. The topological polar surface area (TPSA) is 17.1 Å². The van der Waals surface area contributed by atoms with Gasteiger partial charge >= 0.3 is 0 Å². The van der Waals surface area contributed by atoms with Crippen LogP contribution >= 0.6 is 0 Å². The highest BCUT2D eigenvalue weighted by atomic mass is 16.1. The standard InChI is InChI=1S/C6H8O/c1-3-6(4-2)5-7/h5H,1,4H2,2H3. The molecule has 1 heteroatoms. The van der Waals surface area contributed by atoms with E-state index < -0.39 is 0 Å². The normalized spacial score (nSPS) is 7.00. The van der Waals surface area contributed by atoms with E-state index in [1.54, 1.807) is 0 Å². The molecular formula is C6H8O. The van der Waals surface area contributed by atoms with Gasteiger partial charge in [-0.3, -0.25) is 4.79 Å². The maximum atomic E-state index is 9.83. The second-order valence-electron chi connectivity index (χ2n) is 1.17. The minimum absolute atomic E-state index is 0.639. The van der Waals surface area contributed by atoms with Gasteiger partial charge in [-0.25, -0.2) is 0 Å². The smallest absolute Gasteiger partial charge is 0.153 e. The zero-order valence-electron chi connectivity index (χ0n) is 4.40. The minimum atomic E-state index is 0.639. The molecule has 0 saturated carbocycles. The molecule has 0 fully saturated rings. The Morgan fingerprint density at radius 2 is 2.57 bits per heavy atom. The molecular weight excluding hydrogens is 88.1 g/mol. The second-order valence-corrected chi connectivity index (χ2v) is 1.17. The molecule has 0 N–H and O–H groups in total. The van der Waals surface area contributed by atoms with E-state index in [0.29, 0.717) is 5.57 Å². The Balaban J connectivity index is 3.86. The van der Waals surface area contributed by atoms with Crippen LogP contribution in [0.1, 0.15) is 13.3 Å². The maximum absolute atomic E-state index is 9.83. The Hall–Kier alpha value is -0.810. The number of carbonyl (C=O) groups excluding carboxylic acids is 1. The summed E-state index contributed by atoms with van der Waals surface area (Å²) in [5, 5.41) is 0. The first-order chi connectivity index (χ1) is 3.35. The Morgan fingerprint density at radius 1 is 2.00 bits per heavy atom. The summed E-state index contributed by atoms with van der Waals surface area (Å²) in [6, 6.07) is 0. The van der Waals surface area contributed by atoms with E-state index >= 15 is 0 Å².